The second-order valence-corrected chi connectivity index (χ2v) is 7.13. The summed E-state index contributed by atoms with van der Waals surface area (Å²) >= 11 is 1.42. The molecule has 5 nitrogen and oxygen atoms in total. The third kappa shape index (κ3) is 4.52. The molecule has 0 aliphatic rings. The van der Waals surface area contributed by atoms with E-state index in [1.54, 1.807) is 0 Å². The van der Waals surface area contributed by atoms with Crippen LogP contribution in [0.2, 0.25) is 0 Å². The molecule has 1 aromatic heterocycles. The molecule has 26 heavy (non-hydrogen) atoms. The van der Waals surface area contributed by atoms with Gasteiger partial charge >= 0.3 is 0 Å². The van der Waals surface area contributed by atoms with E-state index in [9.17, 15) is 4.79 Å². The van der Waals surface area contributed by atoms with Gasteiger partial charge in [-0.25, -0.2) is 4.98 Å². The predicted octanol–water partition coefficient (Wildman–Crippen LogP) is 4.72. The van der Waals surface area contributed by atoms with Crippen LogP contribution in [-0.4, -0.2) is 24.1 Å². The maximum atomic E-state index is 12.2. The molecule has 1 N–H and O–H groups in total. The van der Waals surface area contributed by atoms with Gasteiger partial charge in [0, 0.05) is 0 Å². The Morgan fingerprint density at radius 3 is 2.77 bits per heavy atom. The van der Waals surface area contributed by atoms with Crippen molar-refractivity contribution in [3.8, 4) is 11.5 Å². The number of amides is 1. The van der Waals surface area contributed by atoms with Crippen LogP contribution in [0.1, 0.15) is 24.5 Å². The van der Waals surface area contributed by atoms with Gasteiger partial charge in [0.25, 0.3) is 5.91 Å². The number of nitrogens with zero attached hydrogens (tertiary/aromatic N) is 1. The molecule has 3 aromatic rings. The minimum Gasteiger partial charge on any atom is -0.494 e. The van der Waals surface area contributed by atoms with Crippen molar-refractivity contribution in [3.05, 3.63) is 47.5 Å². The van der Waals surface area contributed by atoms with Gasteiger partial charge in [-0.15, -0.1) is 0 Å². The number of hydrogen-bond donors (Lipinski definition) is 1. The molecule has 136 valence electrons. The molecule has 0 bridgehead atoms. The van der Waals surface area contributed by atoms with Crippen LogP contribution in [0, 0.1) is 13.8 Å². The average molecular weight is 370 g/mol. The van der Waals surface area contributed by atoms with Gasteiger partial charge in [0.1, 0.15) is 11.5 Å². The van der Waals surface area contributed by atoms with Gasteiger partial charge in [-0.1, -0.05) is 36.0 Å². The SMILES string of the molecule is CCCOc1ccc2nc(NC(=O)COc3ccc(C)cc3C)sc2c1. The Kier molecular flexibility index (Phi) is 5.73. The Morgan fingerprint density at radius 1 is 1.15 bits per heavy atom. The third-order valence-electron chi connectivity index (χ3n) is 3.77. The summed E-state index contributed by atoms with van der Waals surface area (Å²) in [5, 5.41) is 3.36. The lowest BCUT2D eigenvalue weighted by Gasteiger charge is -2.09. The van der Waals surface area contributed by atoms with Crippen molar-refractivity contribution in [3.63, 3.8) is 0 Å². The van der Waals surface area contributed by atoms with Crippen LogP contribution < -0.4 is 14.8 Å². The molecule has 0 aliphatic carbocycles. The number of nitrogens with one attached hydrogen (secondary N) is 1. The van der Waals surface area contributed by atoms with Crippen LogP contribution in [0.5, 0.6) is 11.5 Å². The van der Waals surface area contributed by atoms with Crippen molar-refractivity contribution in [2.75, 3.05) is 18.5 Å². The van der Waals surface area contributed by atoms with E-state index in [1.165, 1.54) is 11.3 Å². The highest BCUT2D eigenvalue weighted by Gasteiger charge is 2.10. The molecule has 0 radical (unpaired) electrons. The minimum atomic E-state index is -0.230. The van der Waals surface area contributed by atoms with Gasteiger partial charge in [-0.05, 0) is 50.1 Å². The van der Waals surface area contributed by atoms with Crippen molar-refractivity contribution in [2.24, 2.45) is 0 Å². The van der Waals surface area contributed by atoms with E-state index in [0.717, 1.165) is 33.5 Å². The summed E-state index contributed by atoms with van der Waals surface area (Å²) < 4.78 is 12.2. The van der Waals surface area contributed by atoms with E-state index >= 15 is 0 Å². The molecule has 6 heteroatoms. The second kappa shape index (κ2) is 8.19. The topological polar surface area (TPSA) is 60.5 Å². The quantitative estimate of drug-likeness (QED) is 0.654. The Morgan fingerprint density at radius 2 is 2.00 bits per heavy atom. The maximum absolute atomic E-state index is 12.2. The van der Waals surface area contributed by atoms with Crippen molar-refractivity contribution in [1.29, 1.82) is 0 Å². The molecule has 1 heterocycles. The fraction of sp³-hybridized carbons (Fsp3) is 0.300. The predicted molar refractivity (Wildman–Crippen MR) is 105 cm³/mol. The molecule has 0 saturated heterocycles. The standard InChI is InChI=1S/C20H22N2O3S/c1-4-9-24-15-6-7-16-18(11-15)26-20(21-16)22-19(23)12-25-17-8-5-13(2)10-14(17)3/h5-8,10-11H,4,9,12H2,1-3H3,(H,21,22,23). The molecular weight excluding hydrogens is 348 g/mol. The van der Waals surface area contributed by atoms with Crippen LogP contribution in [0.15, 0.2) is 36.4 Å². The Balaban J connectivity index is 1.61. The lowest BCUT2D eigenvalue weighted by molar-refractivity contribution is -0.118. The van der Waals surface area contributed by atoms with Gasteiger partial charge in [0.2, 0.25) is 0 Å². The van der Waals surface area contributed by atoms with E-state index in [1.807, 2.05) is 50.2 Å². The first-order chi connectivity index (χ1) is 12.5. The van der Waals surface area contributed by atoms with Crippen molar-refractivity contribution >= 4 is 32.6 Å². The zero-order valence-corrected chi connectivity index (χ0v) is 16.0. The summed E-state index contributed by atoms with van der Waals surface area (Å²) in [5.41, 5.74) is 3.01. The Labute approximate surface area is 157 Å². The summed E-state index contributed by atoms with van der Waals surface area (Å²) in [6.07, 6.45) is 0.961. The lowest BCUT2D eigenvalue weighted by Crippen LogP contribution is -2.20. The first-order valence-corrected chi connectivity index (χ1v) is 9.40. The van der Waals surface area contributed by atoms with E-state index < -0.39 is 0 Å². The van der Waals surface area contributed by atoms with Gasteiger partial charge in [-0.3, -0.25) is 10.1 Å². The van der Waals surface area contributed by atoms with Crippen LogP contribution in [0.4, 0.5) is 5.13 Å². The van der Waals surface area contributed by atoms with Crippen LogP contribution in [0.3, 0.4) is 0 Å². The summed E-state index contributed by atoms with van der Waals surface area (Å²) in [7, 11) is 0. The summed E-state index contributed by atoms with van der Waals surface area (Å²) in [5.74, 6) is 1.30. The lowest BCUT2D eigenvalue weighted by atomic mass is 10.1. The van der Waals surface area contributed by atoms with Gasteiger partial charge in [0.05, 0.1) is 16.8 Å². The second-order valence-electron chi connectivity index (χ2n) is 6.10. The molecule has 0 fully saturated rings. The van der Waals surface area contributed by atoms with E-state index in [0.29, 0.717) is 17.5 Å². The summed E-state index contributed by atoms with van der Waals surface area (Å²) in [6, 6.07) is 11.6. The molecule has 0 atom stereocenters. The molecule has 1 amide bonds. The van der Waals surface area contributed by atoms with E-state index in [2.05, 4.69) is 17.2 Å². The highest BCUT2D eigenvalue weighted by molar-refractivity contribution is 7.22. The van der Waals surface area contributed by atoms with Crippen molar-refractivity contribution in [1.82, 2.24) is 4.98 Å². The first-order valence-electron chi connectivity index (χ1n) is 8.58. The molecule has 0 aliphatic heterocycles. The average Bonchev–Trinajstić information content (AvgIpc) is 3.00. The van der Waals surface area contributed by atoms with Gasteiger partial charge in [0.15, 0.2) is 11.7 Å². The first kappa shape index (κ1) is 18.2. The molecular formula is C20H22N2O3S. The van der Waals surface area contributed by atoms with E-state index in [4.69, 9.17) is 9.47 Å². The number of anilines is 1. The molecule has 0 spiro atoms. The number of aryl methyl sites for hydroxylation is 2. The fourth-order valence-electron chi connectivity index (χ4n) is 2.53. The number of carbonyl (C=O) groups is 1. The number of ether oxygens (including phenoxy) is 2. The van der Waals surface area contributed by atoms with Crippen LogP contribution >= 0.6 is 11.3 Å². The van der Waals surface area contributed by atoms with Gasteiger partial charge in [-0.2, -0.15) is 0 Å². The number of thiazole rings is 1. The summed E-state index contributed by atoms with van der Waals surface area (Å²) in [4.78, 5) is 16.6. The largest absolute Gasteiger partial charge is 0.494 e. The maximum Gasteiger partial charge on any atom is 0.264 e. The van der Waals surface area contributed by atoms with Gasteiger partial charge < -0.3 is 9.47 Å². The number of carbonyl (C=O) groups excluding carboxylic acids is 1. The smallest absolute Gasteiger partial charge is 0.264 e. The van der Waals surface area contributed by atoms with E-state index in [-0.39, 0.29) is 12.5 Å². The zero-order chi connectivity index (χ0) is 18.5. The van der Waals surface area contributed by atoms with Crippen molar-refractivity contribution < 1.29 is 14.3 Å². The highest BCUT2D eigenvalue weighted by atomic mass is 32.1. The third-order valence-corrected chi connectivity index (χ3v) is 4.70. The molecule has 0 unspecified atom stereocenters. The van der Waals surface area contributed by atoms with Crippen LogP contribution in [0.25, 0.3) is 10.2 Å². The minimum absolute atomic E-state index is 0.0509. The molecule has 3 rings (SSSR count). The van der Waals surface area contributed by atoms with Crippen LogP contribution in [-0.2, 0) is 4.79 Å². The number of hydrogen-bond acceptors (Lipinski definition) is 5. The molecule has 2 aromatic carbocycles. The summed E-state index contributed by atoms with van der Waals surface area (Å²) in [6.45, 7) is 6.69. The Bertz CT molecular complexity index is 921. The molecule has 0 saturated carbocycles. The zero-order valence-electron chi connectivity index (χ0n) is 15.2. The monoisotopic (exact) mass is 370 g/mol. The van der Waals surface area contributed by atoms with Crippen molar-refractivity contribution in [2.45, 2.75) is 27.2 Å². The number of aromatic nitrogens is 1. The number of rotatable bonds is 7. The number of fused-ring (bicyclic) bond motifs is 1. The highest BCUT2D eigenvalue weighted by Crippen LogP contribution is 2.29. The number of benzene rings is 2. The normalized spacial score (nSPS) is 10.7. The Hall–Kier alpha value is -2.60. The fourth-order valence-corrected chi connectivity index (χ4v) is 3.44.